The minimum absolute atomic E-state index is 0.859. The maximum absolute atomic E-state index is 6.68. The van der Waals surface area contributed by atoms with Gasteiger partial charge in [-0.2, -0.15) is 0 Å². The lowest BCUT2D eigenvalue weighted by Crippen LogP contribution is -2.10. The predicted molar refractivity (Wildman–Crippen MR) is 228 cm³/mol. The lowest BCUT2D eigenvalue weighted by atomic mass is 9.93. The molecule has 10 aromatic rings. The molecular formula is C52H35NO. The van der Waals surface area contributed by atoms with Crippen molar-refractivity contribution in [1.82, 2.24) is 0 Å². The van der Waals surface area contributed by atoms with Crippen molar-refractivity contribution in [2.75, 3.05) is 4.90 Å². The second-order valence-electron chi connectivity index (χ2n) is 13.7. The van der Waals surface area contributed by atoms with Crippen LogP contribution in [0.25, 0.3) is 77.2 Å². The Morgan fingerprint density at radius 1 is 0.315 bits per heavy atom. The van der Waals surface area contributed by atoms with Crippen LogP contribution < -0.4 is 4.90 Å². The molecule has 0 atom stereocenters. The highest BCUT2D eigenvalue weighted by Gasteiger charge is 2.21. The van der Waals surface area contributed by atoms with E-state index in [4.69, 9.17) is 4.42 Å². The number of para-hydroxylation sites is 2. The van der Waals surface area contributed by atoms with Crippen LogP contribution in [-0.4, -0.2) is 0 Å². The van der Waals surface area contributed by atoms with Crippen LogP contribution in [0.4, 0.5) is 17.1 Å². The van der Waals surface area contributed by atoms with Crippen molar-refractivity contribution in [3.05, 3.63) is 212 Å². The molecule has 0 spiro atoms. The van der Waals surface area contributed by atoms with Gasteiger partial charge < -0.3 is 9.32 Å². The van der Waals surface area contributed by atoms with Gasteiger partial charge in [0.05, 0.1) is 5.69 Å². The van der Waals surface area contributed by atoms with Gasteiger partial charge in [0.15, 0.2) is 5.58 Å². The summed E-state index contributed by atoms with van der Waals surface area (Å²) in [5.41, 5.74) is 14.3. The van der Waals surface area contributed by atoms with Crippen molar-refractivity contribution >= 4 is 49.8 Å². The quantitative estimate of drug-likeness (QED) is 0.166. The third-order valence-corrected chi connectivity index (χ3v) is 10.4. The van der Waals surface area contributed by atoms with Crippen molar-refractivity contribution < 1.29 is 4.42 Å². The highest BCUT2D eigenvalue weighted by molar-refractivity contribution is 6.10. The van der Waals surface area contributed by atoms with Crippen LogP contribution in [0.5, 0.6) is 0 Å². The summed E-state index contributed by atoms with van der Waals surface area (Å²) >= 11 is 0. The molecule has 0 radical (unpaired) electrons. The summed E-state index contributed by atoms with van der Waals surface area (Å²) in [6.07, 6.45) is 0. The zero-order valence-electron chi connectivity index (χ0n) is 29.6. The SMILES string of the molecule is c1ccc(-c2ccc3cc(-c4cccc(N(c5ccc(-c6ccccc6)c(-c6ccccc6)c5)c5cccc6c5oc5ccccc56)c4)ccc3c2)cc1. The summed E-state index contributed by atoms with van der Waals surface area (Å²) in [7, 11) is 0. The van der Waals surface area contributed by atoms with Gasteiger partial charge in [0.25, 0.3) is 0 Å². The van der Waals surface area contributed by atoms with Gasteiger partial charge in [-0.3, -0.25) is 0 Å². The summed E-state index contributed by atoms with van der Waals surface area (Å²) in [6.45, 7) is 0. The Kier molecular flexibility index (Phi) is 7.85. The Balaban J connectivity index is 1.15. The second-order valence-corrected chi connectivity index (χ2v) is 13.7. The van der Waals surface area contributed by atoms with Gasteiger partial charge in [-0.05, 0) is 104 Å². The number of rotatable bonds is 7. The van der Waals surface area contributed by atoms with Crippen LogP contribution >= 0.6 is 0 Å². The monoisotopic (exact) mass is 689 g/mol. The Labute approximate surface area is 314 Å². The van der Waals surface area contributed by atoms with E-state index in [0.29, 0.717) is 0 Å². The zero-order chi connectivity index (χ0) is 35.8. The number of nitrogens with zero attached hydrogens (tertiary/aromatic N) is 1. The standard InChI is InChI=1S/C52H35NO/c1-4-14-36(15-5-1)40-26-27-43-33-41(28-29-42(43)32-40)39-20-12-21-44(34-39)53(50-24-13-23-48-47-22-10-11-25-51(47)54-52(48)50)45-30-31-46(37-16-6-2-7-17-37)49(35-45)38-18-8-3-9-19-38/h1-35H. The Bertz CT molecular complexity index is 2930. The number of benzene rings is 9. The van der Waals surface area contributed by atoms with Gasteiger partial charge in [-0.1, -0.05) is 164 Å². The van der Waals surface area contributed by atoms with Crippen LogP contribution in [0.15, 0.2) is 217 Å². The second kappa shape index (κ2) is 13.4. The largest absolute Gasteiger partial charge is 0.454 e. The summed E-state index contributed by atoms with van der Waals surface area (Å²) in [6, 6.07) is 75.9. The fraction of sp³-hybridized carbons (Fsp3) is 0. The zero-order valence-corrected chi connectivity index (χ0v) is 29.6. The lowest BCUT2D eigenvalue weighted by molar-refractivity contribution is 0.669. The number of anilines is 3. The van der Waals surface area contributed by atoms with E-state index in [9.17, 15) is 0 Å². The van der Waals surface area contributed by atoms with E-state index >= 15 is 0 Å². The Hall–Kier alpha value is -7.16. The summed E-state index contributed by atoms with van der Waals surface area (Å²) in [4.78, 5) is 2.35. The molecule has 0 fully saturated rings. The summed E-state index contributed by atoms with van der Waals surface area (Å²) in [5.74, 6) is 0. The molecule has 1 aromatic heterocycles. The molecule has 54 heavy (non-hydrogen) atoms. The molecule has 0 amide bonds. The third-order valence-electron chi connectivity index (χ3n) is 10.4. The lowest BCUT2D eigenvalue weighted by Gasteiger charge is -2.27. The van der Waals surface area contributed by atoms with Gasteiger partial charge in [-0.25, -0.2) is 0 Å². The minimum atomic E-state index is 0.859. The predicted octanol–water partition coefficient (Wildman–Crippen LogP) is 14.9. The molecule has 0 unspecified atom stereocenters. The van der Waals surface area contributed by atoms with Crippen LogP contribution in [0.3, 0.4) is 0 Å². The molecule has 2 heteroatoms. The molecule has 0 aliphatic heterocycles. The first kappa shape index (κ1) is 31.6. The maximum Gasteiger partial charge on any atom is 0.159 e. The van der Waals surface area contributed by atoms with E-state index in [1.807, 2.05) is 6.07 Å². The normalized spacial score (nSPS) is 11.3. The van der Waals surface area contributed by atoms with E-state index in [1.54, 1.807) is 0 Å². The molecule has 9 aromatic carbocycles. The Morgan fingerprint density at radius 2 is 0.852 bits per heavy atom. The van der Waals surface area contributed by atoms with Crippen molar-refractivity contribution in [2.24, 2.45) is 0 Å². The van der Waals surface area contributed by atoms with E-state index in [2.05, 4.69) is 211 Å². The minimum Gasteiger partial charge on any atom is -0.454 e. The first-order chi connectivity index (χ1) is 26.8. The number of hydrogen-bond acceptors (Lipinski definition) is 2. The van der Waals surface area contributed by atoms with Gasteiger partial charge in [0.2, 0.25) is 0 Å². The first-order valence-electron chi connectivity index (χ1n) is 18.4. The molecule has 2 nitrogen and oxygen atoms in total. The fourth-order valence-corrected chi connectivity index (χ4v) is 7.79. The average Bonchev–Trinajstić information content (AvgIpc) is 3.64. The van der Waals surface area contributed by atoms with E-state index in [-0.39, 0.29) is 0 Å². The molecule has 1 heterocycles. The molecule has 10 rings (SSSR count). The first-order valence-corrected chi connectivity index (χ1v) is 18.4. The maximum atomic E-state index is 6.68. The summed E-state index contributed by atoms with van der Waals surface area (Å²) in [5, 5.41) is 4.64. The summed E-state index contributed by atoms with van der Waals surface area (Å²) < 4.78 is 6.68. The molecule has 0 bridgehead atoms. The van der Waals surface area contributed by atoms with Gasteiger partial charge in [0.1, 0.15) is 5.58 Å². The van der Waals surface area contributed by atoms with Crippen LogP contribution in [-0.2, 0) is 0 Å². The molecular weight excluding hydrogens is 655 g/mol. The smallest absolute Gasteiger partial charge is 0.159 e. The van der Waals surface area contributed by atoms with E-state index in [1.165, 1.54) is 49.7 Å². The van der Waals surface area contributed by atoms with Crippen molar-refractivity contribution in [1.29, 1.82) is 0 Å². The van der Waals surface area contributed by atoms with Crippen LogP contribution in [0.1, 0.15) is 0 Å². The molecule has 0 saturated heterocycles. The van der Waals surface area contributed by atoms with E-state index in [0.717, 1.165) is 44.6 Å². The Morgan fingerprint density at radius 3 is 1.57 bits per heavy atom. The third kappa shape index (κ3) is 5.71. The average molecular weight is 690 g/mol. The molecule has 0 aliphatic rings. The van der Waals surface area contributed by atoms with Gasteiger partial charge >= 0.3 is 0 Å². The van der Waals surface area contributed by atoms with E-state index < -0.39 is 0 Å². The topological polar surface area (TPSA) is 16.4 Å². The highest BCUT2D eigenvalue weighted by Crippen LogP contribution is 2.45. The molecule has 0 saturated carbocycles. The van der Waals surface area contributed by atoms with Crippen LogP contribution in [0.2, 0.25) is 0 Å². The number of hydrogen-bond donors (Lipinski definition) is 0. The van der Waals surface area contributed by atoms with Crippen molar-refractivity contribution in [3.8, 4) is 44.5 Å². The molecule has 0 N–H and O–H groups in total. The highest BCUT2D eigenvalue weighted by atomic mass is 16.3. The van der Waals surface area contributed by atoms with Crippen molar-refractivity contribution in [3.63, 3.8) is 0 Å². The molecule has 254 valence electrons. The number of furan rings is 1. The number of fused-ring (bicyclic) bond motifs is 4. The van der Waals surface area contributed by atoms with Crippen LogP contribution in [0, 0.1) is 0 Å². The van der Waals surface area contributed by atoms with Gasteiger partial charge in [0, 0.05) is 22.1 Å². The fourth-order valence-electron chi connectivity index (χ4n) is 7.79. The van der Waals surface area contributed by atoms with Crippen molar-refractivity contribution in [2.45, 2.75) is 0 Å². The molecule has 0 aliphatic carbocycles. The van der Waals surface area contributed by atoms with Gasteiger partial charge in [-0.15, -0.1) is 0 Å².